The van der Waals surface area contributed by atoms with Crippen molar-refractivity contribution >= 4 is 84.5 Å². The van der Waals surface area contributed by atoms with E-state index in [9.17, 15) is 0 Å². The minimum absolute atomic E-state index is 0.678. The second kappa shape index (κ2) is 9.50. The molecule has 6 heteroatoms. The van der Waals surface area contributed by atoms with Gasteiger partial charge in [0.2, 0.25) is 0 Å². The molecular formula is C8H20Cl2I2Si2. The summed E-state index contributed by atoms with van der Waals surface area (Å²) >= 11 is 16.1. The second-order valence-electron chi connectivity index (χ2n) is 4.86. The number of alkyl halides is 4. The van der Waals surface area contributed by atoms with Crippen LogP contribution in [0, 0.1) is 0 Å². The van der Waals surface area contributed by atoms with Crippen molar-refractivity contribution in [1.82, 2.24) is 0 Å². The summed E-state index contributed by atoms with van der Waals surface area (Å²) in [5.41, 5.74) is 1.55. The number of halogens is 4. The molecule has 14 heavy (non-hydrogen) atoms. The number of hydrogen-bond donors (Lipinski definition) is 0. The predicted octanol–water partition coefficient (Wildman–Crippen LogP) is 4.89. The lowest BCUT2D eigenvalue weighted by Gasteiger charge is -2.13. The molecule has 0 aliphatic rings. The summed E-state index contributed by atoms with van der Waals surface area (Å²) in [6.45, 7) is 9.19. The molecule has 0 bridgehead atoms. The molecule has 0 radical (unpaired) electrons. The summed E-state index contributed by atoms with van der Waals surface area (Å²) < 4.78 is 2.79. The van der Waals surface area contributed by atoms with E-state index in [1.54, 1.807) is 0 Å². The summed E-state index contributed by atoms with van der Waals surface area (Å²) in [5, 5.41) is 0. The van der Waals surface area contributed by atoms with E-state index in [2.05, 4.69) is 71.4 Å². The quantitative estimate of drug-likeness (QED) is 0.295. The van der Waals surface area contributed by atoms with Crippen molar-refractivity contribution in [3.05, 3.63) is 0 Å². The van der Waals surface area contributed by atoms with Crippen LogP contribution in [0.4, 0.5) is 0 Å². The van der Waals surface area contributed by atoms with E-state index < -0.39 is 16.1 Å². The first-order valence-corrected chi connectivity index (χ1v) is 15.4. The Labute approximate surface area is 128 Å². The highest BCUT2D eigenvalue weighted by Crippen LogP contribution is 2.08. The molecule has 0 aliphatic heterocycles. The molecule has 0 nitrogen and oxygen atoms in total. The molecule has 0 aromatic heterocycles. The summed E-state index contributed by atoms with van der Waals surface area (Å²) in [6, 6.07) is 0. The van der Waals surface area contributed by atoms with Crippen LogP contribution in [-0.2, 0) is 0 Å². The fraction of sp³-hybridized carbons (Fsp3) is 1.00. The molecule has 0 saturated carbocycles. The third kappa shape index (κ3) is 12.5. The second-order valence-corrected chi connectivity index (χ2v) is 20.8. The Balaban J connectivity index is 0. The molecule has 0 aromatic carbocycles. The Morgan fingerprint density at radius 2 is 1.07 bits per heavy atom. The van der Waals surface area contributed by atoms with Gasteiger partial charge in [-0.3, -0.25) is 0 Å². The van der Waals surface area contributed by atoms with E-state index >= 15 is 0 Å². The van der Waals surface area contributed by atoms with Crippen molar-refractivity contribution in [2.75, 3.05) is 19.1 Å². The highest BCUT2D eigenvalue weighted by Gasteiger charge is 2.16. The minimum Gasteiger partial charge on any atom is -0.130 e. The van der Waals surface area contributed by atoms with E-state index in [1.165, 1.54) is 8.10 Å². The zero-order chi connectivity index (χ0) is 11.8. The molecule has 0 heterocycles. The number of hydrogen-bond acceptors (Lipinski definition) is 0. The molecule has 0 fully saturated rings. The molecule has 0 unspecified atom stereocenters. The number of rotatable bonds is 4. The highest BCUT2D eigenvalue weighted by molar-refractivity contribution is 14.1. The smallest absolute Gasteiger partial charge is 0.0800 e. The van der Waals surface area contributed by atoms with Crippen molar-refractivity contribution in [2.24, 2.45) is 0 Å². The van der Waals surface area contributed by atoms with Gasteiger partial charge in [0.05, 0.1) is 16.1 Å². The van der Waals surface area contributed by atoms with Crippen LogP contribution < -0.4 is 0 Å². The van der Waals surface area contributed by atoms with Crippen LogP contribution in [0.25, 0.3) is 0 Å². The summed E-state index contributed by atoms with van der Waals surface area (Å²) in [6.07, 6.45) is 0. The van der Waals surface area contributed by atoms with Crippen molar-refractivity contribution in [3.8, 4) is 0 Å². The van der Waals surface area contributed by atoms with Crippen LogP contribution in [0.2, 0.25) is 26.2 Å². The zero-order valence-corrected chi connectivity index (χ0v) is 17.2. The topological polar surface area (TPSA) is 0 Å². The van der Waals surface area contributed by atoms with Crippen LogP contribution in [0.15, 0.2) is 0 Å². The van der Waals surface area contributed by atoms with Gasteiger partial charge in [0.25, 0.3) is 0 Å². The van der Waals surface area contributed by atoms with Crippen LogP contribution in [-0.4, -0.2) is 35.3 Å². The van der Waals surface area contributed by atoms with Gasteiger partial charge in [0.1, 0.15) is 0 Å². The minimum atomic E-state index is -1.12. The predicted molar refractivity (Wildman–Crippen MR) is 94.2 cm³/mol. The maximum absolute atomic E-state index is 5.57. The monoisotopic (exact) mass is 496 g/mol. The van der Waals surface area contributed by atoms with Crippen molar-refractivity contribution in [1.29, 1.82) is 0 Å². The first-order chi connectivity index (χ1) is 6.24. The fourth-order valence-corrected chi connectivity index (χ4v) is 5.79. The summed E-state index contributed by atoms with van der Waals surface area (Å²) in [5.74, 6) is 0. The van der Waals surface area contributed by atoms with E-state index in [-0.39, 0.29) is 0 Å². The Morgan fingerprint density at radius 1 is 0.786 bits per heavy atom. The molecular weight excluding hydrogens is 477 g/mol. The van der Waals surface area contributed by atoms with Gasteiger partial charge >= 0.3 is 0 Å². The van der Waals surface area contributed by atoms with Crippen molar-refractivity contribution < 1.29 is 0 Å². The van der Waals surface area contributed by atoms with Gasteiger partial charge in [-0.15, -0.1) is 23.2 Å². The highest BCUT2D eigenvalue weighted by atomic mass is 127. The zero-order valence-electron chi connectivity index (χ0n) is 9.34. The summed E-state index contributed by atoms with van der Waals surface area (Å²) in [4.78, 5) is 0. The van der Waals surface area contributed by atoms with Gasteiger partial charge in [-0.1, -0.05) is 71.4 Å². The van der Waals surface area contributed by atoms with Gasteiger partial charge < -0.3 is 0 Å². The standard InChI is InChI=1S/C4H10Cl2Si.C4H10I2Si/c2*1-7(2,3-5)4-6/h2*3-4H2,1-2H3. The molecule has 0 rings (SSSR count). The first kappa shape index (κ1) is 18.8. The largest absolute Gasteiger partial charge is 0.130 e. The molecule has 0 aromatic rings. The third-order valence-electron chi connectivity index (χ3n) is 1.45. The van der Waals surface area contributed by atoms with Gasteiger partial charge in [0, 0.05) is 11.0 Å². The Morgan fingerprint density at radius 3 is 1.07 bits per heavy atom. The van der Waals surface area contributed by atoms with E-state index in [0.717, 1.165) is 11.0 Å². The Bertz CT molecular complexity index is 115. The average molecular weight is 497 g/mol. The molecule has 0 saturated heterocycles. The maximum Gasteiger partial charge on any atom is 0.0800 e. The van der Waals surface area contributed by atoms with Gasteiger partial charge in [-0.2, -0.15) is 0 Å². The average Bonchev–Trinajstić information content (AvgIpc) is 2.19. The van der Waals surface area contributed by atoms with Gasteiger partial charge in [-0.05, 0) is 8.10 Å². The molecule has 0 atom stereocenters. The van der Waals surface area contributed by atoms with E-state index in [0.29, 0.717) is 0 Å². The van der Waals surface area contributed by atoms with Crippen LogP contribution >= 0.6 is 68.4 Å². The first-order valence-electron chi connectivity index (χ1n) is 4.48. The lowest BCUT2D eigenvalue weighted by Crippen LogP contribution is -2.30. The Kier molecular flexibility index (Phi) is 12.8. The Hall–Kier alpha value is 2.47. The maximum atomic E-state index is 5.57. The van der Waals surface area contributed by atoms with Crippen molar-refractivity contribution in [3.63, 3.8) is 0 Å². The molecule has 0 aliphatic carbocycles. The third-order valence-corrected chi connectivity index (χ3v) is 21.1. The normalized spacial score (nSPS) is 12.0. The van der Waals surface area contributed by atoms with E-state index in [4.69, 9.17) is 23.2 Å². The van der Waals surface area contributed by atoms with Gasteiger partial charge in [0.15, 0.2) is 0 Å². The SMILES string of the molecule is C[Si](C)(CCl)CCl.C[Si](C)(CI)CI. The van der Waals surface area contributed by atoms with Crippen LogP contribution in [0.5, 0.6) is 0 Å². The lowest BCUT2D eigenvalue weighted by atomic mass is 11.7. The van der Waals surface area contributed by atoms with E-state index in [1.807, 2.05) is 0 Å². The van der Waals surface area contributed by atoms with Crippen molar-refractivity contribution in [2.45, 2.75) is 26.2 Å². The summed E-state index contributed by atoms with van der Waals surface area (Å²) in [7, 11) is -1.80. The fourth-order valence-electron chi connectivity index (χ4n) is 0.0714. The molecule has 0 N–H and O–H groups in total. The van der Waals surface area contributed by atoms with Gasteiger partial charge in [-0.25, -0.2) is 0 Å². The molecule has 88 valence electrons. The van der Waals surface area contributed by atoms with Crippen LogP contribution in [0.1, 0.15) is 0 Å². The van der Waals surface area contributed by atoms with Crippen LogP contribution in [0.3, 0.4) is 0 Å². The lowest BCUT2D eigenvalue weighted by molar-refractivity contribution is 1.63. The molecule has 0 amide bonds. The molecule has 0 spiro atoms.